The van der Waals surface area contributed by atoms with Crippen molar-refractivity contribution in [1.82, 2.24) is 5.43 Å². The second-order valence-electron chi connectivity index (χ2n) is 3.45. The van der Waals surface area contributed by atoms with Crippen molar-refractivity contribution in [2.24, 2.45) is 5.84 Å². The molecule has 1 rings (SSSR count). The highest BCUT2D eigenvalue weighted by Crippen LogP contribution is 2.26. The highest BCUT2D eigenvalue weighted by Gasteiger charge is 2.12. The van der Waals surface area contributed by atoms with Crippen molar-refractivity contribution in [3.63, 3.8) is 0 Å². The fourth-order valence-corrected chi connectivity index (χ4v) is 1.50. The molecule has 3 nitrogen and oxygen atoms in total. The quantitative estimate of drug-likeness (QED) is 0.411. The molecular weight excluding hydrogens is 213 g/mol. The molecule has 0 aliphatic heterocycles. The van der Waals surface area contributed by atoms with Crippen LogP contribution in [0.5, 0.6) is 0 Å². The van der Waals surface area contributed by atoms with Gasteiger partial charge in [0.2, 0.25) is 0 Å². The maximum atomic E-state index is 13.5. The molecule has 1 aromatic carbocycles. The monoisotopic (exact) mass is 227 g/mol. The molecule has 0 amide bonds. The molecule has 0 saturated carbocycles. The molecule has 5 heteroatoms. The molecule has 82 valence electrons. The van der Waals surface area contributed by atoms with Gasteiger partial charge in [-0.1, -0.05) is 19.9 Å². The average Bonchev–Trinajstić information content (AvgIpc) is 2.17. The van der Waals surface area contributed by atoms with E-state index < -0.39 is 0 Å². The fraction of sp³-hybridized carbons (Fsp3) is 0.300. The lowest BCUT2D eigenvalue weighted by Crippen LogP contribution is -2.34. The first kappa shape index (κ1) is 11.9. The van der Waals surface area contributed by atoms with Gasteiger partial charge in [0.1, 0.15) is 5.82 Å². The number of benzene rings is 1. The van der Waals surface area contributed by atoms with E-state index in [1.807, 2.05) is 13.8 Å². The molecule has 0 bridgehead atoms. The Hall–Kier alpha value is -1.20. The lowest BCUT2D eigenvalue weighted by Gasteiger charge is -2.15. The zero-order valence-electron chi connectivity index (χ0n) is 8.67. The van der Waals surface area contributed by atoms with E-state index in [1.54, 1.807) is 12.1 Å². The largest absolute Gasteiger partial charge is 0.331 e. The van der Waals surface area contributed by atoms with Gasteiger partial charge < -0.3 is 10.7 Å². The summed E-state index contributed by atoms with van der Waals surface area (Å²) in [5, 5.41) is 3.10. The van der Waals surface area contributed by atoms with Gasteiger partial charge in [0.25, 0.3) is 0 Å². The molecule has 0 spiro atoms. The number of thiocarbonyl (C=S) groups is 1. The number of rotatable bonds is 2. The number of halogens is 1. The molecule has 0 fully saturated rings. The van der Waals surface area contributed by atoms with E-state index in [2.05, 4.69) is 10.7 Å². The van der Waals surface area contributed by atoms with Crippen LogP contribution in [-0.2, 0) is 0 Å². The molecule has 0 radical (unpaired) electrons. The van der Waals surface area contributed by atoms with Gasteiger partial charge in [-0.2, -0.15) is 0 Å². The molecule has 0 atom stereocenters. The Bertz CT molecular complexity index is 366. The van der Waals surface area contributed by atoms with Crippen molar-refractivity contribution in [3.8, 4) is 0 Å². The second kappa shape index (κ2) is 5.04. The van der Waals surface area contributed by atoms with Gasteiger partial charge >= 0.3 is 0 Å². The highest BCUT2D eigenvalue weighted by molar-refractivity contribution is 7.80. The van der Waals surface area contributed by atoms with E-state index in [0.717, 1.165) is 0 Å². The SMILES string of the molecule is CC(C)c1c(F)cccc1NC(=S)NN. The molecule has 0 unspecified atom stereocenters. The van der Waals surface area contributed by atoms with Crippen LogP contribution in [0.4, 0.5) is 10.1 Å². The molecule has 0 aliphatic carbocycles. The normalized spacial score (nSPS) is 10.2. The van der Waals surface area contributed by atoms with Crippen LogP contribution < -0.4 is 16.6 Å². The minimum atomic E-state index is -0.241. The van der Waals surface area contributed by atoms with Gasteiger partial charge in [-0.15, -0.1) is 0 Å². The van der Waals surface area contributed by atoms with Gasteiger partial charge in [-0.3, -0.25) is 0 Å². The highest BCUT2D eigenvalue weighted by atomic mass is 32.1. The molecular formula is C10H14FN3S. The molecule has 0 heterocycles. The molecule has 0 aliphatic rings. The van der Waals surface area contributed by atoms with Gasteiger partial charge in [-0.25, -0.2) is 10.2 Å². The Morgan fingerprint density at radius 2 is 2.13 bits per heavy atom. The second-order valence-corrected chi connectivity index (χ2v) is 3.86. The minimum absolute atomic E-state index is 0.0780. The number of hydrazine groups is 1. The number of hydrogen-bond acceptors (Lipinski definition) is 2. The third-order valence-electron chi connectivity index (χ3n) is 2.01. The van der Waals surface area contributed by atoms with E-state index in [-0.39, 0.29) is 16.8 Å². The predicted molar refractivity (Wildman–Crippen MR) is 64.0 cm³/mol. The van der Waals surface area contributed by atoms with Crippen LogP contribution >= 0.6 is 12.2 Å². The maximum absolute atomic E-state index is 13.5. The zero-order chi connectivity index (χ0) is 11.4. The van der Waals surface area contributed by atoms with E-state index in [9.17, 15) is 4.39 Å². The maximum Gasteiger partial charge on any atom is 0.185 e. The standard InChI is InChI=1S/C10H14FN3S/c1-6(2)9-7(11)4-3-5-8(9)13-10(15)14-12/h3-6H,12H2,1-2H3,(H2,13,14,15). The van der Waals surface area contributed by atoms with Gasteiger partial charge in [0.05, 0.1) is 0 Å². The summed E-state index contributed by atoms with van der Waals surface area (Å²) in [4.78, 5) is 0. The Morgan fingerprint density at radius 1 is 1.47 bits per heavy atom. The van der Waals surface area contributed by atoms with Crippen molar-refractivity contribution in [1.29, 1.82) is 0 Å². The number of hydrogen-bond donors (Lipinski definition) is 3. The Kier molecular flexibility index (Phi) is 3.99. The third-order valence-corrected chi connectivity index (χ3v) is 2.23. The lowest BCUT2D eigenvalue weighted by atomic mass is 10.0. The average molecular weight is 227 g/mol. The summed E-state index contributed by atoms with van der Waals surface area (Å²) in [5.74, 6) is 4.97. The number of nitrogens with two attached hydrogens (primary N) is 1. The van der Waals surface area contributed by atoms with E-state index >= 15 is 0 Å². The van der Waals surface area contributed by atoms with Crippen LogP contribution in [-0.4, -0.2) is 5.11 Å². The molecule has 15 heavy (non-hydrogen) atoms. The number of anilines is 1. The van der Waals surface area contributed by atoms with Gasteiger partial charge in [0, 0.05) is 11.3 Å². The van der Waals surface area contributed by atoms with E-state index in [1.165, 1.54) is 6.07 Å². The summed E-state index contributed by atoms with van der Waals surface area (Å²) < 4.78 is 13.5. The van der Waals surface area contributed by atoms with Gasteiger partial charge in [0.15, 0.2) is 5.11 Å². The summed E-state index contributed by atoms with van der Waals surface area (Å²) in [7, 11) is 0. The van der Waals surface area contributed by atoms with Crippen molar-refractivity contribution in [3.05, 3.63) is 29.6 Å². The van der Waals surface area contributed by atoms with Crippen LogP contribution in [0.3, 0.4) is 0 Å². The fourth-order valence-electron chi connectivity index (χ4n) is 1.39. The first-order chi connectivity index (χ1) is 7.06. The molecule has 1 aromatic rings. The summed E-state index contributed by atoms with van der Waals surface area (Å²) in [6, 6.07) is 4.82. The first-order valence-electron chi connectivity index (χ1n) is 4.62. The molecule has 0 saturated heterocycles. The molecule has 0 aromatic heterocycles. The van der Waals surface area contributed by atoms with Crippen LogP contribution in [0.1, 0.15) is 25.3 Å². The van der Waals surface area contributed by atoms with Crippen LogP contribution in [0.15, 0.2) is 18.2 Å². The van der Waals surface area contributed by atoms with Gasteiger partial charge in [-0.05, 0) is 30.3 Å². The lowest BCUT2D eigenvalue weighted by molar-refractivity contribution is 0.599. The number of nitrogens with one attached hydrogen (secondary N) is 2. The topological polar surface area (TPSA) is 50.1 Å². The summed E-state index contributed by atoms with van der Waals surface area (Å²) >= 11 is 4.86. The summed E-state index contributed by atoms with van der Waals surface area (Å²) in [5.41, 5.74) is 3.55. The summed E-state index contributed by atoms with van der Waals surface area (Å²) in [6.07, 6.45) is 0. The first-order valence-corrected chi connectivity index (χ1v) is 5.03. The third kappa shape index (κ3) is 2.87. The van der Waals surface area contributed by atoms with Crippen molar-refractivity contribution < 1.29 is 4.39 Å². The predicted octanol–water partition coefficient (Wildman–Crippen LogP) is 2.11. The Labute approximate surface area is 93.8 Å². The smallest absolute Gasteiger partial charge is 0.185 e. The minimum Gasteiger partial charge on any atom is -0.331 e. The van der Waals surface area contributed by atoms with Crippen LogP contribution in [0, 0.1) is 5.82 Å². The Morgan fingerprint density at radius 3 is 2.67 bits per heavy atom. The van der Waals surface area contributed by atoms with Crippen molar-refractivity contribution in [2.75, 3.05) is 5.32 Å². The van der Waals surface area contributed by atoms with Crippen molar-refractivity contribution in [2.45, 2.75) is 19.8 Å². The Balaban J connectivity index is 3.06. The molecule has 4 N–H and O–H groups in total. The zero-order valence-corrected chi connectivity index (χ0v) is 9.49. The summed E-state index contributed by atoms with van der Waals surface area (Å²) in [6.45, 7) is 3.84. The van der Waals surface area contributed by atoms with E-state index in [0.29, 0.717) is 11.3 Å². The van der Waals surface area contributed by atoms with Crippen LogP contribution in [0.2, 0.25) is 0 Å². The van der Waals surface area contributed by atoms with E-state index in [4.69, 9.17) is 18.1 Å². The van der Waals surface area contributed by atoms with Crippen molar-refractivity contribution >= 4 is 23.0 Å². The van der Waals surface area contributed by atoms with Crippen LogP contribution in [0.25, 0.3) is 0 Å².